The van der Waals surface area contributed by atoms with Gasteiger partial charge >= 0.3 is 0 Å². The maximum absolute atomic E-state index is 4.48. The third-order valence-electron chi connectivity index (χ3n) is 4.09. The zero-order chi connectivity index (χ0) is 14.5. The smallest absolute Gasteiger partial charge is 0.0596 e. The largest absolute Gasteiger partial charge is 0.312 e. The van der Waals surface area contributed by atoms with E-state index in [-0.39, 0.29) is 0 Å². The van der Waals surface area contributed by atoms with E-state index in [4.69, 9.17) is 0 Å². The highest BCUT2D eigenvalue weighted by Crippen LogP contribution is 2.20. The molecule has 2 rings (SSSR count). The molecular formula is C15H28N4S. The Morgan fingerprint density at radius 1 is 1.50 bits per heavy atom. The zero-order valence-corrected chi connectivity index (χ0v) is 14.0. The van der Waals surface area contributed by atoms with Crippen LogP contribution in [0, 0.1) is 6.92 Å². The van der Waals surface area contributed by atoms with Crippen molar-refractivity contribution in [3.63, 3.8) is 0 Å². The molecule has 114 valence electrons. The second-order valence-corrected chi connectivity index (χ2v) is 6.94. The van der Waals surface area contributed by atoms with Gasteiger partial charge in [0.15, 0.2) is 0 Å². The van der Waals surface area contributed by atoms with Crippen molar-refractivity contribution < 1.29 is 0 Å². The number of likely N-dealkylation sites (N-methyl/N-ethyl adjacent to an activating group) is 1. The standard InChI is InChI=1S/C15H28N4S/c1-5-6-16-14(15-11-20-8-7-18(15)3)10-13-9-12(2)17-19(13)4/h9,14-16H,5-8,10-11H2,1-4H3. The molecule has 2 heterocycles. The van der Waals surface area contributed by atoms with E-state index in [1.54, 1.807) is 0 Å². The number of rotatable bonds is 6. The lowest BCUT2D eigenvalue weighted by Gasteiger charge is -2.38. The van der Waals surface area contributed by atoms with E-state index in [0.717, 1.165) is 18.7 Å². The number of nitrogens with one attached hydrogen (secondary N) is 1. The average Bonchev–Trinajstić information content (AvgIpc) is 2.73. The Morgan fingerprint density at radius 3 is 2.90 bits per heavy atom. The Labute approximate surface area is 127 Å². The van der Waals surface area contributed by atoms with Gasteiger partial charge in [-0.2, -0.15) is 16.9 Å². The Hall–Kier alpha value is -0.520. The van der Waals surface area contributed by atoms with Crippen molar-refractivity contribution in [2.75, 3.05) is 31.6 Å². The van der Waals surface area contributed by atoms with Crippen LogP contribution in [0.4, 0.5) is 0 Å². The van der Waals surface area contributed by atoms with E-state index < -0.39 is 0 Å². The lowest BCUT2D eigenvalue weighted by molar-refractivity contribution is 0.212. The average molecular weight is 296 g/mol. The first kappa shape index (κ1) is 15.9. The van der Waals surface area contributed by atoms with Gasteiger partial charge in [-0.3, -0.25) is 4.68 Å². The molecule has 20 heavy (non-hydrogen) atoms. The van der Waals surface area contributed by atoms with Crippen LogP contribution < -0.4 is 5.32 Å². The first-order valence-electron chi connectivity index (χ1n) is 7.62. The van der Waals surface area contributed by atoms with Gasteiger partial charge in [0.25, 0.3) is 0 Å². The maximum Gasteiger partial charge on any atom is 0.0596 e. The fourth-order valence-electron chi connectivity index (χ4n) is 2.88. The number of aromatic nitrogens is 2. The highest BCUT2D eigenvalue weighted by molar-refractivity contribution is 7.99. The molecule has 1 aromatic heterocycles. The monoisotopic (exact) mass is 296 g/mol. The molecule has 1 aliphatic rings. The molecule has 0 saturated carbocycles. The van der Waals surface area contributed by atoms with Gasteiger partial charge in [-0.25, -0.2) is 0 Å². The van der Waals surface area contributed by atoms with Crippen LogP contribution in [0.3, 0.4) is 0 Å². The number of thioether (sulfide) groups is 1. The molecule has 2 unspecified atom stereocenters. The quantitative estimate of drug-likeness (QED) is 0.866. The summed E-state index contributed by atoms with van der Waals surface area (Å²) >= 11 is 2.08. The Balaban J connectivity index is 2.08. The van der Waals surface area contributed by atoms with Gasteiger partial charge in [0, 0.05) is 49.3 Å². The first-order chi connectivity index (χ1) is 9.61. The fraction of sp³-hybridized carbons (Fsp3) is 0.800. The van der Waals surface area contributed by atoms with Gasteiger partial charge in [0.05, 0.1) is 5.69 Å². The van der Waals surface area contributed by atoms with Crippen LogP contribution >= 0.6 is 11.8 Å². The van der Waals surface area contributed by atoms with E-state index in [9.17, 15) is 0 Å². The van der Waals surface area contributed by atoms with Gasteiger partial charge in [-0.15, -0.1) is 0 Å². The number of hydrogen-bond donors (Lipinski definition) is 1. The summed E-state index contributed by atoms with van der Waals surface area (Å²) in [5, 5.41) is 8.24. The number of nitrogens with zero attached hydrogens (tertiary/aromatic N) is 3. The SMILES string of the molecule is CCCNC(Cc1cc(C)nn1C)C1CSCCN1C. The molecule has 0 bridgehead atoms. The molecule has 4 nitrogen and oxygen atoms in total. The third-order valence-corrected chi connectivity index (χ3v) is 5.14. The molecular weight excluding hydrogens is 268 g/mol. The molecule has 0 aromatic carbocycles. The zero-order valence-electron chi connectivity index (χ0n) is 13.2. The van der Waals surface area contributed by atoms with Crippen molar-refractivity contribution in [1.82, 2.24) is 20.0 Å². The van der Waals surface area contributed by atoms with Crippen molar-refractivity contribution in [2.45, 2.75) is 38.8 Å². The first-order valence-corrected chi connectivity index (χ1v) is 8.78. The van der Waals surface area contributed by atoms with Crippen molar-refractivity contribution in [2.24, 2.45) is 7.05 Å². The highest BCUT2D eigenvalue weighted by atomic mass is 32.2. The van der Waals surface area contributed by atoms with Crippen LogP contribution in [0.1, 0.15) is 24.7 Å². The van der Waals surface area contributed by atoms with E-state index in [2.05, 4.69) is 61.1 Å². The third kappa shape index (κ3) is 3.99. The second kappa shape index (κ2) is 7.48. The van der Waals surface area contributed by atoms with Crippen LogP contribution in [-0.4, -0.2) is 58.4 Å². The molecule has 1 saturated heterocycles. The summed E-state index contributed by atoms with van der Waals surface area (Å²) in [6.07, 6.45) is 2.25. The van der Waals surface area contributed by atoms with E-state index in [1.807, 2.05) is 4.68 Å². The summed E-state index contributed by atoms with van der Waals surface area (Å²) in [6.45, 7) is 6.60. The van der Waals surface area contributed by atoms with Crippen LogP contribution in [0.2, 0.25) is 0 Å². The van der Waals surface area contributed by atoms with Crippen LogP contribution in [0.25, 0.3) is 0 Å². The molecule has 0 spiro atoms. The van der Waals surface area contributed by atoms with Gasteiger partial charge in [-0.1, -0.05) is 6.92 Å². The predicted molar refractivity (Wildman–Crippen MR) is 87.5 cm³/mol. The molecule has 1 fully saturated rings. The summed E-state index contributed by atoms with van der Waals surface area (Å²) in [5.74, 6) is 2.49. The molecule has 0 amide bonds. The Bertz CT molecular complexity index is 418. The minimum Gasteiger partial charge on any atom is -0.312 e. The van der Waals surface area contributed by atoms with Crippen LogP contribution in [0.5, 0.6) is 0 Å². The lowest BCUT2D eigenvalue weighted by atomic mass is 10.0. The van der Waals surface area contributed by atoms with Gasteiger partial charge in [0.1, 0.15) is 0 Å². The fourth-order valence-corrected chi connectivity index (χ4v) is 4.20. The lowest BCUT2D eigenvalue weighted by Crippen LogP contribution is -2.54. The summed E-state index contributed by atoms with van der Waals surface area (Å²) in [5.41, 5.74) is 2.45. The summed E-state index contributed by atoms with van der Waals surface area (Å²) < 4.78 is 2.03. The van der Waals surface area contributed by atoms with Crippen LogP contribution in [0.15, 0.2) is 6.07 Å². The molecule has 1 aromatic rings. The van der Waals surface area contributed by atoms with Crippen molar-refractivity contribution in [1.29, 1.82) is 0 Å². The molecule has 1 aliphatic heterocycles. The topological polar surface area (TPSA) is 33.1 Å². The van der Waals surface area contributed by atoms with Crippen molar-refractivity contribution in [3.8, 4) is 0 Å². The van der Waals surface area contributed by atoms with E-state index >= 15 is 0 Å². The Morgan fingerprint density at radius 2 is 2.30 bits per heavy atom. The Kier molecular flexibility index (Phi) is 5.93. The van der Waals surface area contributed by atoms with E-state index in [1.165, 1.54) is 30.2 Å². The highest BCUT2D eigenvalue weighted by Gasteiger charge is 2.28. The minimum atomic E-state index is 0.516. The predicted octanol–water partition coefficient (Wildman–Crippen LogP) is 1.69. The molecule has 5 heteroatoms. The van der Waals surface area contributed by atoms with Gasteiger partial charge in [-0.05, 0) is 33.0 Å². The summed E-state index contributed by atoms with van der Waals surface area (Å²) in [7, 11) is 4.32. The summed E-state index contributed by atoms with van der Waals surface area (Å²) in [6, 6.07) is 3.36. The normalized spacial score (nSPS) is 22.1. The number of aryl methyl sites for hydroxylation is 2. The minimum absolute atomic E-state index is 0.516. The van der Waals surface area contributed by atoms with Crippen LogP contribution in [-0.2, 0) is 13.5 Å². The van der Waals surface area contributed by atoms with Gasteiger partial charge in [0.2, 0.25) is 0 Å². The summed E-state index contributed by atoms with van der Waals surface area (Å²) in [4.78, 5) is 2.52. The van der Waals surface area contributed by atoms with Crippen molar-refractivity contribution >= 4 is 11.8 Å². The van der Waals surface area contributed by atoms with E-state index in [0.29, 0.717) is 12.1 Å². The second-order valence-electron chi connectivity index (χ2n) is 5.79. The van der Waals surface area contributed by atoms with Gasteiger partial charge < -0.3 is 10.2 Å². The van der Waals surface area contributed by atoms with Crippen molar-refractivity contribution in [3.05, 3.63) is 17.5 Å². The molecule has 2 atom stereocenters. The molecule has 0 aliphatic carbocycles. The molecule has 0 radical (unpaired) electrons. The number of hydrogen-bond acceptors (Lipinski definition) is 4. The maximum atomic E-state index is 4.48. The molecule has 1 N–H and O–H groups in total.